The molecule has 10 nitrogen and oxygen atoms in total. The number of hydrogen-bond acceptors (Lipinski definition) is 10. The zero-order chi connectivity index (χ0) is 39.5. The maximum atomic E-state index is 11.1. The van der Waals surface area contributed by atoms with Gasteiger partial charge in [0.15, 0.2) is 0 Å². The number of phenols is 10. The van der Waals surface area contributed by atoms with Gasteiger partial charge in [-0.2, -0.15) is 5.56 Å². The summed E-state index contributed by atoms with van der Waals surface area (Å²) >= 11 is 0. The van der Waals surface area contributed by atoms with Crippen LogP contribution in [-0.4, -0.2) is 51.1 Å². The molecule has 0 fully saturated rings. The number of halogens is 1. The first-order chi connectivity index (χ1) is 24.7. The van der Waals surface area contributed by atoms with Crippen molar-refractivity contribution in [3.63, 3.8) is 0 Å². The van der Waals surface area contributed by atoms with Crippen LogP contribution >= 0.6 is 12.4 Å². The Bertz CT molecular complexity index is 1870. The van der Waals surface area contributed by atoms with E-state index in [-0.39, 0.29) is 248 Å². The number of benzene rings is 5. The molecule has 1 aliphatic rings. The molecule has 0 saturated carbocycles. The zero-order valence-electron chi connectivity index (χ0n) is 34.2. The van der Waals surface area contributed by atoms with Gasteiger partial charge in [-0.15, -0.1) is 91.3 Å². The topological polar surface area (TPSA) is 202 Å². The third-order valence-electron chi connectivity index (χ3n) is 10.7. The Morgan fingerprint density at radius 2 is 0.475 bits per heavy atom. The van der Waals surface area contributed by atoms with Gasteiger partial charge in [-0.25, -0.2) is 0 Å². The van der Waals surface area contributed by atoms with E-state index < -0.39 is 23.7 Å². The summed E-state index contributed by atoms with van der Waals surface area (Å²) in [4.78, 5) is 0. The molecule has 61 heavy (non-hydrogen) atoms. The van der Waals surface area contributed by atoms with Crippen LogP contribution in [0.3, 0.4) is 0 Å². The van der Waals surface area contributed by atoms with Gasteiger partial charge in [-0.3, -0.25) is 0 Å². The first-order valence-electron chi connectivity index (χ1n) is 17.0. The van der Waals surface area contributed by atoms with E-state index >= 15 is 0 Å². The van der Waals surface area contributed by atoms with E-state index in [9.17, 15) is 40.9 Å². The molecule has 0 aromatic heterocycles. The maximum Gasteiger partial charge on any atom is 0.0105 e. The molecular weight excluding hydrogens is 1180 g/mol. The Hall–Kier alpha value is -0.0905. The second-order valence-electron chi connectivity index (χ2n) is 13.9. The Morgan fingerprint density at radius 1 is 0.328 bits per heavy atom. The van der Waals surface area contributed by atoms with Crippen molar-refractivity contribution in [2.45, 2.75) is 101 Å². The van der Waals surface area contributed by atoms with Crippen molar-refractivity contribution in [2.75, 3.05) is 0 Å². The van der Waals surface area contributed by atoms with Crippen LogP contribution in [0.5, 0.6) is 57.5 Å². The summed E-state index contributed by atoms with van der Waals surface area (Å²) in [7, 11) is 0. The largest absolute Gasteiger partial charge is 0.534 e. The molecule has 5 aromatic carbocycles. The summed E-state index contributed by atoms with van der Waals surface area (Å²) in [6.45, 7) is 15.7. The van der Waals surface area contributed by atoms with Gasteiger partial charge in [0.05, 0.1) is 0 Å². The predicted octanol–water partition coefficient (Wildman–Crippen LogP) is 9.57. The zero-order valence-corrected chi connectivity index (χ0v) is 49.2. The summed E-state index contributed by atoms with van der Waals surface area (Å²) < 4.78 is 0. The average Bonchev–Trinajstić information content (AvgIpc) is 2.99. The Kier molecular flexibility index (Phi) is 29.8. The van der Waals surface area contributed by atoms with Crippen molar-refractivity contribution < 1.29 is 215 Å². The molecule has 5 radical (unpaired) electrons. The number of hydrogen-bond donors (Lipinski definition) is 10. The van der Waals surface area contributed by atoms with Crippen LogP contribution < -0.4 is 0 Å². The van der Waals surface area contributed by atoms with Crippen molar-refractivity contribution in [2.24, 2.45) is 0 Å². The summed E-state index contributed by atoms with van der Waals surface area (Å²) in [5.41, 5.74) is 5.66. The molecule has 16 heteroatoms. The first-order valence-corrected chi connectivity index (χ1v) is 17.0. The molecule has 0 unspecified atom stereocenters. The van der Waals surface area contributed by atoms with Crippen LogP contribution in [0.1, 0.15) is 139 Å². The van der Waals surface area contributed by atoms with Crippen LogP contribution in [0.4, 0.5) is 0 Å². The van der Waals surface area contributed by atoms with Crippen molar-refractivity contribution in [3.05, 3.63) is 115 Å². The standard InChI is InChI=1S/C36H36O8.C7H7O2.2CH4.ClH.5Y/c1-13-29-17(5)31-14(2)33(25(41)10-23(31)39)19(7)35-16(4)36(28(44)12-27(35)43)20(8)34-15(3)32(24(40)11-26(34)42)18(6)30(13)22(38)9-21(29)37;1-5-2-6(8)4-7(9)3-5;;;;;;;;/h17-20,37-44H,1-8H3;2-3,8-9H,1H3;2*1H4;1H;;;;;/q-4;-1;;;;;;;;. The molecule has 0 amide bonds. The quantitative estimate of drug-likeness (QED) is 0.0666. The minimum Gasteiger partial charge on any atom is -0.534 e. The number of phenolic OH excluding ortho intramolecular Hbond substituents is 10. The van der Waals surface area contributed by atoms with Crippen molar-refractivity contribution in [1.82, 2.24) is 0 Å². The fraction of sp³-hybridized carbons (Fsp3) is 0.333. The van der Waals surface area contributed by atoms with Crippen LogP contribution in [-0.2, 0) is 164 Å². The van der Waals surface area contributed by atoms with E-state index in [4.69, 9.17) is 10.2 Å². The van der Waals surface area contributed by atoms with E-state index in [0.29, 0.717) is 66.8 Å². The van der Waals surface area contributed by atoms with Gasteiger partial charge >= 0.3 is 0 Å². The van der Waals surface area contributed by atoms with Gasteiger partial charge < -0.3 is 51.1 Å². The van der Waals surface area contributed by atoms with Gasteiger partial charge in [0.2, 0.25) is 0 Å². The summed E-state index contributed by atoms with van der Waals surface area (Å²) in [6, 6.07) is 15.9. The molecule has 0 spiro atoms. The minimum atomic E-state index is -0.693. The Morgan fingerprint density at radius 3 is 0.607 bits per heavy atom. The maximum absolute atomic E-state index is 11.1. The fourth-order valence-electron chi connectivity index (χ4n) is 8.48. The van der Waals surface area contributed by atoms with Gasteiger partial charge in [0.1, 0.15) is 0 Å². The smallest absolute Gasteiger partial charge is 0.0105 e. The molecule has 1 aliphatic carbocycles. The van der Waals surface area contributed by atoms with E-state index in [1.165, 1.54) is 12.1 Å². The number of aromatic hydroxyl groups is 10. The molecule has 5 aromatic rings. The van der Waals surface area contributed by atoms with Gasteiger partial charge in [-0.1, -0.05) is 131 Å². The van der Waals surface area contributed by atoms with Crippen molar-refractivity contribution in [3.8, 4) is 57.5 Å². The first kappa shape index (κ1) is 67.5. The summed E-state index contributed by atoms with van der Waals surface area (Å²) in [5, 5.41) is 106. The van der Waals surface area contributed by atoms with Gasteiger partial charge in [0.25, 0.3) is 0 Å². The molecule has 6 rings (SSSR count). The average molecular weight is 1230 g/mol. The monoisotopic (exact) mass is 1230 g/mol. The molecule has 0 aliphatic heterocycles. The normalized spacial score (nSPS) is 15.6. The predicted molar refractivity (Wildman–Crippen MR) is 218 cm³/mol. The van der Waals surface area contributed by atoms with Crippen LogP contribution in [0.2, 0.25) is 0 Å². The summed E-state index contributed by atoms with van der Waals surface area (Å²) in [5.74, 6) is -5.44. The second kappa shape index (κ2) is 26.9. The molecule has 10 N–H and O–H groups in total. The number of aryl methyl sites for hydroxylation is 1. The number of rotatable bonds is 0. The Balaban J connectivity index is -0.000000854. The SMILES string of the molecule is C.C.Cc1c2c(O)[c-]c(O)c1C(C)c1c(O)[c-]c(O)c(c1C)C(C)c1c(O)[c-]c(O)c(c1C)C(C)c1c(O)[c-]c(O)c(c1C)C2C.Cc1cc(O)[c-]c(O)c1.Cl.[Y].[Y].[Y].[Y].[Y]. The molecule has 0 heterocycles. The Labute approximate surface area is 492 Å². The second-order valence-corrected chi connectivity index (χ2v) is 13.9. The van der Waals surface area contributed by atoms with Crippen molar-refractivity contribution in [1.29, 1.82) is 0 Å². The van der Waals surface area contributed by atoms with E-state index in [1.807, 2.05) is 0 Å². The van der Waals surface area contributed by atoms with Crippen molar-refractivity contribution >= 4 is 12.4 Å². The molecular formula is C45H52ClO10Y5-5. The van der Waals surface area contributed by atoms with Crippen LogP contribution in [0.25, 0.3) is 0 Å². The molecule has 8 bridgehead atoms. The van der Waals surface area contributed by atoms with E-state index in [2.05, 4.69) is 30.3 Å². The number of fused-ring (bicyclic) bond motifs is 8. The third-order valence-corrected chi connectivity index (χ3v) is 10.7. The summed E-state index contributed by atoms with van der Waals surface area (Å²) in [6.07, 6.45) is 0. The fourth-order valence-corrected chi connectivity index (χ4v) is 8.48. The van der Waals surface area contributed by atoms with E-state index in [1.54, 1.807) is 62.3 Å². The molecule has 319 valence electrons. The van der Waals surface area contributed by atoms with E-state index in [0.717, 1.165) is 5.56 Å². The van der Waals surface area contributed by atoms with Crippen LogP contribution in [0.15, 0.2) is 12.1 Å². The molecule has 0 atom stereocenters. The van der Waals surface area contributed by atoms with Crippen LogP contribution in [0, 0.1) is 65.0 Å². The van der Waals surface area contributed by atoms with Gasteiger partial charge in [-0.05, 0) is 0 Å². The minimum absolute atomic E-state index is 0. The molecule has 0 saturated heterocycles. The van der Waals surface area contributed by atoms with Gasteiger partial charge in [0, 0.05) is 221 Å². The third kappa shape index (κ3) is 13.1.